The minimum atomic E-state index is -0.167. The van der Waals surface area contributed by atoms with Gasteiger partial charge in [-0.3, -0.25) is 0 Å². The number of rotatable bonds is 5. The van der Waals surface area contributed by atoms with Gasteiger partial charge in [0.25, 0.3) is 0 Å². The van der Waals surface area contributed by atoms with E-state index in [9.17, 15) is 0 Å². The fraction of sp³-hybridized carbons (Fsp3) is 0.538. The molecule has 0 heterocycles. The molecule has 1 aromatic rings. The van der Waals surface area contributed by atoms with Gasteiger partial charge in [0, 0.05) is 6.54 Å². The number of benzene rings is 1. The monoisotopic (exact) mass is 207 g/mol. The summed E-state index contributed by atoms with van der Waals surface area (Å²) >= 11 is 0. The molecule has 0 unspecified atom stereocenters. The van der Waals surface area contributed by atoms with Gasteiger partial charge in [-0.05, 0) is 38.9 Å². The molecule has 2 nitrogen and oxygen atoms in total. The summed E-state index contributed by atoms with van der Waals surface area (Å²) in [5, 5.41) is 3.14. The molecule has 1 rings (SSSR count). The van der Waals surface area contributed by atoms with E-state index in [1.165, 1.54) is 5.56 Å². The fourth-order valence-electron chi connectivity index (χ4n) is 1.65. The van der Waals surface area contributed by atoms with Crippen molar-refractivity contribution < 1.29 is 4.74 Å². The van der Waals surface area contributed by atoms with Crippen molar-refractivity contribution in [2.24, 2.45) is 0 Å². The van der Waals surface area contributed by atoms with Crippen LogP contribution in [0.25, 0.3) is 0 Å². The van der Waals surface area contributed by atoms with Gasteiger partial charge in [-0.15, -0.1) is 0 Å². The lowest BCUT2D eigenvalue weighted by atomic mass is 10.1. The molecule has 0 aliphatic carbocycles. The molecule has 84 valence electrons. The van der Waals surface area contributed by atoms with Crippen LogP contribution in [-0.4, -0.2) is 19.2 Å². The average Bonchev–Trinajstić information content (AvgIpc) is 2.17. The molecule has 0 fully saturated rings. The van der Waals surface area contributed by atoms with Crippen LogP contribution >= 0.6 is 0 Å². The summed E-state index contributed by atoms with van der Waals surface area (Å²) in [6.07, 6.45) is 1.01. The Balaban J connectivity index is 2.79. The molecule has 0 aliphatic rings. The van der Waals surface area contributed by atoms with E-state index in [1.54, 1.807) is 0 Å². The zero-order chi connectivity index (χ0) is 11.3. The summed E-state index contributed by atoms with van der Waals surface area (Å²) in [6.45, 7) is 7.17. The Hall–Kier alpha value is -1.02. The zero-order valence-electron chi connectivity index (χ0n) is 10.1. The second kappa shape index (κ2) is 5.17. The van der Waals surface area contributed by atoms with Gasteiger partial charge in [-0.1, -0.05) is 25.1 Å². The number of hydrogen-bond donors (Lipinski definition) is 1. The first-order valence-corrected chi connectivity index (χ1v) is 5.50. The summed E-state index contributed by atoms with van der Waals surface area (Å²) in [6, 6.07) is 8.22. The molecule has 0 atom stereocenters. The lowest BCUT2D eigenvalue weighted by molar-refractivity contribution is 0.109. The number of aryl methyl sites for hydroxylation is 1. The third-order valence-corrected chi connectivity index (χ3v) is 2.34. The van der Waals surface area contributed by atoms with Crippen molar-refractivity contribution in [2.45, 2.75) is 32.8 Å². The Morgan fingerprint density at radius 3 is 2.53 bits per heavy atom. The van der Waals surface area contributed by atoms with E-state index in [-0.39, 0.29) is 5.60 Å². The van der Waals surface area contributed by atoms with Crippen LogP contribution in [0.1, 0.15) is 26.3 Å². The van der Waals surface area contributed by atoms with E-state index in [0.717, 1.165) is 18.7 Å². The highest BCUT2D eigenvalue weighted by molar-refractivity contribution is 5.33. The summed E-state index contributed by atoms with van der Waals surface area (Å²) in [5.41, 5.74) is 1.10. The van der Waals surface area contributed by atoms with Crippen LogP contribution < -0.4 is 10.1 Å². The Bertz CT molecular complexity index is 307. The quantitative estimate of drug-likeness (QED) is 0.801. The highest BCUT2D eigenvalue weighted by Gasteiger charge is 2.19. The largest absolute Gasteiger partial charge is 0.486 e. The Labute approximate surface area is 92.6 Å². The van der Waals surface area contributed by atoms with E-state index in [2.05, 4.69) is 38.2 Å². The van der Waals surface area contributed by atoms with Crippen molar-refractivity contribution in [1.29, 1.82) is 0 Å². The Morgan fingerprint density at radius 2 is 1.93 bits per heavy atom. The fourth-order valence-corrected chi connectivity index (χ4v) is 1.65. The van der Waals surface area contributed by atoms with Crippen LogP contribution in [0.15, 0.2) is 24.3 Å². The highest BCUT2D eigenvalue weighted by atomic mass is 16.5. The average molecular weight is 207 g/mol. The van der Waals surface area contributed by atoms with E-state index < -0.39 is 0 Å². The van der Waals surface area contributed by atoms with Gasteiger partial charge in [-0.2, -0.15) is 0 Å². The third-order valence-electron chi connectivity index (χ3n) is 2.34. The SMILES string of the molecule is CCc1ccccc1OC(C)(C)CNC. The van der Waals surface area contributed by atoms with Gasteiger partial charge in [0.1, 0.15) is 11.4 Å². The van der Waals surface area contributed by atoms with Gasteiger partial charge in [0.15, 0.2) is 0 Å². The number of hydrogen-bond acceptors (Lipinski definition) is 2. The molecule has 0 aliphatic heterocycles. The summed E-state index contributed by atoms with van der Waals surface area (Å²) in [4.78, 5) is 0. The van der Waals surface area contributed by atoms with E-state index in [1.807, 2.05) is 19.2 Å². The summed E-state index contributed by atoms with van der Waals surface area (Å²) in [5.74, 6) is 1.00. The van der Waals surface area contributed by atoms with Crippen molar-refractivity contribution >= 4 is 0 Å². The Kier molecular flexibility index (Phi) is 4.15. The first-order chi connectivity index (χ1) is 7.09. The zero-order valence-corrected chi connectivity index (χ0v) is 10.1. The predicted octanol–water partition coefficient (Wildman–Crippen LogP) is 2.63. The van der Waals surface area contributed by atoms with Crippen molar-refractivity contribution in [2.75, 3.05) is 13.6 Å². The first kappa shape index (κ1) is 12.1. The van der Waals surface area contributed by atoms with Crippen molar-refractivity contribution in [1.82, 2.24) is 5.32 Å². The molecule has 1 aromatic carbocycles. The molecule has 0 spiro atoms. The van der Waals surface area contributed by atoms with Crippen LogP contribution in [0, 0.1) is 0 Å². The molecule has 0 aromatic heterocycles. The normalized spacial score (nSPS) is 11.5. The molecule has 0 amide bonds. The molecule has 0 bridgehead atoms. The van der Waals surface area contributed by atoms with E-state index >= 15 is 0 Å². The standard InChI is InChI=1S/C13H21NO/c1-5-11-8-6-7-9-12(11)15-13(2,3)10-14-4/h6-9,14H,5,10H2,1-4H3. The van der Waals surface area contributed by atoms with Gasteiger partial charge < -0.3 is 10.1 Å². The predicted molar refractivity (Wildman–Crippen MR) is 64.5 cm³/mol. The van der Waals surface area contributed by atoms with Gasteiger partial charge in [0.05, 0.1) is 0 Å². The highest BCUT2D eigenvalue weighted by Crippen LogP contribution is 2.23. The van der Waals surface area contributed by atoms with Crippen LogP contribution in [0.4, 0.5) is 0 Å². The summed E-state index contributed by atoms with van der Waals surface area (Å²) in [7, 11) is 1.94. The lowest BCUT2D eigenvalue weighted by Crippen LogP contribution is -2.39. The second-order valence-electron chi connectivity index (χ2n) is 4.35. The molecule has 15 heavy (non-hydrogen) atoms. The first-order valence-electron chi connectivity index (χ1n) is 5.50. The molecule has 2 heteroatoms. The summed E-state index contributed by atoms with van der Waals surface area (Å²) < 4.78 is 6.00. The smallest absolute Gasteiger partial charge is 0.123 e. The van der Waals surface area contributed by atoms with Gasteiger partial charge in [-0.25, -0.2) is 0 Å². The number of nitrogens with one attached hydrogen (secondary N) is 1. The maximum atomic E-state index is 6.00. The van der Waals surface area contributed by atoms with Crippen molar-refractivity contribution in [3.05, 3.63) is 29.8 Å². The minimum Gasteiger partial charge on any atom is -0.486 e. The Morgan fingerprint density at radius 1 is 1.27 bits per heavy atom. The molecular weight excluding hydrogens is 186 g/mol. The van der Waals surface area contributed by atoms with E-state index in [4.69, 9.17) is 4.74 Å². The van der Waals surface area contributed by atoms with Crippen LogP contribution in [0.2, 0.25) is 0 Å². The number of likely N-dealkylation sites (N-methyl/N-ethyl adjacent to an activating group) is 1. The van der Waals surface area contributed by atoms with Crippen LogP contribution in [0.5, 0.6) is 5.75 Å². The maximum absolute atomic E-state index is 6.00. The molecule has 0 saturated heterocycles. The third kappa shape index (κ3) is 3.56. The topological polar surface area (TPSA) is 21.3 Å². The van der Waals surface area contributed by atoms with Gasteiger partial charge >= 0.3 is 0 Å². The molecule has 0 saturated carbocycles. The van der Waals surface area contributed by atoms with E-state index in [0.29, 0.717) is 0 Å². The molecule has 0 radical (unpaired) electrons. The van der Waals surface area contributed by atoms with Crippen LogP contribution in [-0.2, 0) is 6.42 Å². The van der Waals surface area contributed by atoms with Crippen molar-refractivity contribution in [3.8, 4) is 5.75 Å². The number of para-hydroxylation sites is 1. The van der Waals surface area contributed by atoms with Crippen LogP contribution in [0.3, 0.4) is 0 Å². The maximum Gasteiger partial charge on any atom is 0.123 e. The number of ether oxygens (including phenoxy) is 1. The van der Waals surface area contributed by atoms with Crippen molar-refractivity contribution in [3.63, 3.8) is 0 Å². The molecular formula is C13H21NO. The molecule has 1 N–H and O–H groups in total. The van der Waals surface area contributed by atoms with Gasteiger partial charge in [0.2, 0.25) is 0 Å². The minimum absolute atomic E-state index is 0.167. The second-order valence-corrected chi connectivity index (χ2v) is 4.35. The lowest BCUT2D eigenvalue weighted by Gasteiger charge is -2.27.